The summed E-state index contributed by atoms with van der Waals surface area (Å²) in [4.78, 5) is 14.6. The maximum absolute atomic E-state index is 12.7. The molecule has 2 aliphatic rings. The van der Waals surface area contributed by atoms with E-state index in [9.17, 15) is 4.79 Å². The zero-order chi connectivity index (χ0) is 14.8. The minimum atomic E-state index is 0.0364. The summed E-state index contributed by atoms with van der Waals surface area (Å²) < 4.78 is 11.0. The number of fused-ring (bicyclic) bond motifs is 1. The summed E-state index contributed by atoms with van der Waals surface area (Å²) >= 11 is 0. The number of carbonyl (C=O) groups is 1. The van der Waals surface area contributed by atoms with Crippen molar-refractivity contribution in [3.63, 3.8) is 0 Å². The fraction of sp³-hybridized carbons (Fsp3) is 0.562. The van der Waals surface area contributed by atoms with Crippen molar-refractivity contribution in [3.8, 4) is 11.5 Å². The van der Waals surface area contributed by atoms with Crippen LogP contribution in [0.1, 0.15) is 30.1 Å². The van der Waals surface area contributed by atoms with Crippen LogP contribution >= 0.6 is 0 Å². The topological polar surface area (TPSA) is 64.8 Å². The number of carbonyl (C=O) groups excluding carboxylic acids is 1. The van der Waals surface area contributed by atoms with Gasteiger partial charge in [-0.1, -0.05) is 6.92 Å². The van der Waals surface area contributed by atoms with E-state index >= 15 is 0 Å². The molecule has 3 rings (SSSR count). The predicted octanol–water partition coefficient (Wildman–Crippen LogP) is 1.66. The molecule has 1 fully saturated rings. The molecule has 2 aliphatic heterocycles. The first-order chi connectivity index (χ1) is 10.2. The Kier molecular flexibility index (Phi) is 4.01. The monoisotopic (exact) mass is 290 g/mol. The van der Waals surface area contributed by atoms with Crippen LogP contribution in [0.2, 0.25) is 0 Å². The van der Waals surface area contributed by atoms with Crippen LogP contribution in [-0.4, -0.2) is 43.2 Å². The molecule has 2 N–H and O–H groups in total. The fourth-order valence-electron chi connectivity index (χ4n) is 3.08. The van der Waals surface area contributed by atoms with Gasteiger partial charge in [0.1, 0.15) is 13.2 Å². The zero-order valence-electron chi connectivity index (χ0n) is 12.4. The second-order valence-electron chi connectivity index (χ2n) is 5.88. The molecule has 0 aromatic heterocycles. The Morgan fingerprint density at radius 2 is 2.10 bits per heavy atom. The van der Waals surface area contributed by atoms with Crippen molar-refractivity contribution in [1.82, 2.24) is 4.90 Å². The molecule has 2 unspecified atom stereocenters. The second kappa shape index (κ2) is 5.93. The van der Waals surface area contributed by atoms with Gasteiger partial charge < -0.3 is 20.1 Å². The molecule has 2 atom stereocenters. The Labute approximate surface area is 125 Å². The molecular weight excluding hydrogens is 268 g/mol. The molecule has 1 aromatic rings. The number of hydrogen-bond donors (Lipinski definition) is 1. The number of nitrogens with two attached hydrogens (primary N) is 1. The molecule has 0 radical (unpaired) electrons. The van der Waals surface area contributed by atoms with Crippen molar-refractivity contribution in [3.05, 3.63) is 23.8 Å². The predicted molar refractivity (Wildman–Crippen MR) is 79.7 cm³/mol. The van der Waals surface area contributed by atoms with Gasteiger partial charge in [0, 0.05) is 24.7 Å². The fourth-order valence-corrected chi connectivity index (χ4v) is 3.08. The molecular formula is C16H22N2O3. The summed E-state index contributed by atoms with van der Waals surface area (Å²) in [6, 6.07) is 5.53. The van der Waals surface area contributed by atoms with Crippen LogP contribution in [0.25, 0.3) is 0 Å². The first-order valence-electron chi connectivity index (χ1n) is 7.59. The van der Waals surface area contributed by atoms with Gasteiger partial charge in [0.05, 0.1) is 0 Å². The molecule has 0 aliphatic carbocycles. The van der Waals surface area contributed by atoms with Gasteiger partial charge in [-0.05, 0) is 37.0 Å². The van der Waals surface area contributed by atoms with Gasteiger partial charge in [-0.25, -0.2) is 0 Å². The third-order valence-corrected chi connectivity index (χ3v) is 4.30. The summed E-state index contributed by atoms with van der Waals surface area (Å²) in [6.45, 7) is 4.59. The quantitative estimate of drug-likeness (QED) is 0.899. The largest absolute Gasteiger partial charge is 0.486 e. The van der Waals surface area contributed by atoms with Gasteiger partial charge in [-0.15, -0.1) is 0 Å². The summed E-state index contributed by atoms with van der Waals surface area (Å²) in [5.41, 5.74) is 6.49. The summed E-state index contributed by atoms with van der Waals surface area (Å²) in [7, 11) is 0. The van der Waals surface area contributed by atoms with E-state index in [1.165, 1.54) is 0 Å². The van der Waals surface area contributed by atoms with Crippen LogP contribution in [-0.2, 0) is 0 Å². The van der Waals surface area contributed by atoms with Crippen LogP contribution in [0, 0.1) is 5.92 Å². The van der Waals surface area contributed by atoms with Gasteiger partial charge in [0.25, 0.3) is 5.91 Å². The molecule has 0 bridgehead atoms. The Hall–Kier alpha value is -1.75. The Bertz CT molecular complexity index is 532. The highest BCUT2D eigenvalue weighted by atomic mass is 16.6. The minimum Gasteiger partial charge on any atom is -0.486 e. The van der Waals surface area contributed by atoms with E-state index in [0.29, 0.717) is 42.7 Å². The van der Waals surface area contributed by atoms with Gasteiger partial charge >= 0.3 is 0 Å². The number of likely N-dealkylation sites (tertiary alicyclic amines) is 1. The lowest BCUT2D eigenvalue weighted by atomic mass is 9.92. The third kappa shape index (κ3) is 2.83. The maximum Gasteiger partial charge on any atom is 0.254 e. The number of nitrogens with zero attached hydrogens (tertiary/aromatic N) is 1. The van der Waals surface area contributed by atoms with E-state index in [0.717, 1.165) is 19.4 Å². The van der Waals surface area contributed by atoms with Crippen LogP contribution in [0.15, 0.2) is 18.2 Å². The first-order valence-corrected chi connectivity index (χ1v) is 7.59. The number of amides is 1. The molecule has 0 saturated carbocycles. The van der Waals surface area contributed by atoms with Gasteiger partial charge in [-0.3, -0.25) is 4.79 Å². The zero-order valence-corrected chi connectivity index (χ0v) is 12.4. The molecule has 1 aromatic carbocycles. The van der Waals surface area contributed by atoms with Crippen molar-refractivity contribution in [2.45, 2.75) is 25.8 Å². The summed E-state index contributed by atoms with van der Waals surface area (Å²) in [6.07, 6.45) is 2.01. The molecule has 2 heterocycles. The second-order valence-corrected chi connectivity index (χ2v) is 5.88. The van der Waals surface area contributed by atoms with Gasteiger partial charge in [-0.2, -0.15) is 0 Å². The SMILES string of the molecule is CC1CCN(C(=O)c2ccc3c(c2)OCCO3)C(CN)C1. The average Bonchev–Trinajstić information content (AvgIpc) is 2.53. The standard InChI is InChI=1S/C16H22N2O3/c1-11-4-5-18(13(8-11)10-17)16(19)12-2-3-14-15(9-12)21-7-6-20-14/h2-3,9,11,13H,4-8,10,17H2,1H3. The van der Waals surface area contributed by atoms with E-state index in [1.807, 2.05) is 17.0 Å². The van der Waals surface area contributed by atoms with Crippen molar-refractivity contribution in [2.75, 3.05) is 26.3 Å². The van der Waals surface area contributed by atoms with Crippen LogP contribution in [0.4, 0.5) is 0 Å². The number of piperidine rings is 1. The highest BCUT2D eigenvalue weighted by Gasteiger charge is 2.30. The van der Waals surface area contributed by atoms with Crippen molar-refractivity contribution < 1.29 is 14.3 Å². The number of hydrogen-bond acceptors (Lipinski definition) is 4. The molecule has 21 heavy (non-hydrogen) atoms. The maximum atomic E-state index is 12.7. The molecule has 114 valence electrons. The molecule has 5 heteroatoms. The van der Waals surface area contributed by atoms with E-state index in [1.54, 1.807) is 6.07 Å². The first kappa shape index (κ1) is 14.2. The third-order valence-electron chi connectivity index (χ3n) is 4.30. The smallest absolute Gasteiger partial charge is 0.254 e. The van der Waals surface area contributed by atoms with Crippen LogP contribution < -0.4 is 15.2 Å². The van der Waals surface area contributed by atoms with E-state index in [2.05, 4.69) is 6.92 Å². The van der Waals surface area contributed by atoms with Crippen molar-refractivity contribution in [1.29, 1.82) is 0 Å². The van der Waals surface area contributed by atoms with Crippen LogP contribution in [0.5, 0.6) is 11.5 Å². The number of ether oxygens (including phenoxy) is 2. The molecule has 1 amide bonds. The minimum absolute atomic E-state index is 0.0364. The van der Waals surface area contributed by atoms with Gasteiger partial charge in [0.15, 0.2) is 11.5 Å². The van der Waals surface area contributed by atoms with E-state index in [-0.39, 0.29) is 11.9 Å². The molecule has 1 saturated heterocycles. The lowest BCUT2D eigenvalue weighted by Gasteiger charge is -2.38. The lowest BCUT2D eigenvalue weighted by Crippen LogP contribution is -2.49. The average molecular weight is 290 g/mol. The highest BCUT2D eigenvalue weighted by Crippen LogP contribution is 2.32. The highest BCUT2D eigenvalue weighted by molar-refractivity contribution is 5.95. The van der Waals surface area contributed by atoms with Crippen molar-refractivity contribution >= 4 is 5.91 Å². The van der Waals surface area contributed by atoms with Gasteiger partial charge in [0.2, 0.25) is 0 Å². The Balaban J connectivity index is 1.81. The van der Waals surface area contributed by atoms with Crippen LogP contribution in [0.3, 0.4) is 0 Å². The van der Waals surface area contributed by atoms with E-state index < -0.39 is 0 Å². The number of rotatable bonds is 2. The van der Waals surface area contributed by atoms with Crippen molar-refractivity contribution in [2.24, 2.45) is 11.7 Å². The summed E-state index contributed by atoms with van der Waals surface area (Å²) in [5.74, 6) is 2.03. The molecule has 0 spiro atoms. The Morgan fingerprint density at radius 1 is 1.33 bits per heavy atom. The summed E-state index contributed by atoms with van der Waals surface area (Å²) in [5, 5.41) is 0. The number of benzene rings is 1. The van der Waals surface area contributed by atoms with E-state index in [4.69, 9.17) is 15.2 Å². The Morgan fingerprint density at radius 3 is 2.86 bits per heavy atom. The normalized spacial score (nSPS) is 24.8. The lowest BCUT2D eigenvalue weighted by molar-refractivity contribution is 0.0572. The molecule has 5 nitrogen and oxygen atoms in total.